The SMILES string of the molecule is COCCNC(=O)CN(C)c1cccc(F)c1C=O. The monoisotopic (exact) mass is 268 g/mol. The second-order valence-corrected chi connectivity index (χ2v) is 3.99. The Morgan fingerprint density at radius 2 is 2.26 bits per heavy atom. The van der Waals surface area contributed by atoms with Gasteiger partial charge in [-0.15, -0.1) is 0 Å². The fourth-order valence-electron chi connectivity index (χ4n) is 1.62. The summed E-state index contributed by atoms with van der Waals surface area (Å²) in [7, 11) is 3.17. The highest BCUT2D eigenvalue weighted by Gasteiger charge is 2.13. The number of nitrogens with one attached hydrogen (secondary N) is 1. The van der Waals surface area contributed by atoms with Crippen LogP contribution in [0.25, 0.3) is 0 Å². The lowest BCUT2D eigenvalue weighted by Crippen LogP contribution is -2.37. The minimum absolute atomic E-state index is 0.0357. The summed E-state index contributed by atoms with van der Waals surface area (Å²) in [5, 5.41) is 2.65. The van der Waals surface area contributed by atoms with Crippen LogP contribution in [-0.4, -0.2) is 46.0 Å². The van der Waals surface area contributed by atoms with E-state index in [0.29, 0.717) is 25.1 Å². The minimum atomic E-state index is -0.598. The molecule has 0 heterocycles. The van der Waals surface area contributed by atoms with E-state index in [9.17, 15) is 14.0 Å². The van der Waals surface area contributed by atoms with Gasteiger partial charge in [0.1, 0.15) is 5.82 Å². The molecule has 6 heteroatoms. The summed E-state index contributed by atoms with van der Waals surface area (Å²) in [5.41, 5.74) is 0.339. The molecule has 0 aromatic heterocycles. The molecule has 0 aliphatic carbocycles. The molecule has 0 unspecified atom stereocenters. The van der Waals surface area contributed by atoms with E-state index in [-0.39, 0.29) is 18.0 Å². The Bertz CT molecular complexity index is 452. The maximum atomic E-state index is 13.4. The van der Waals surface area contributed by atoms with Crippen molar-refractivity contribution in [2.75, 3.05) is 38.8 Å². The lowest BCUT2D eigenvalue weighted by molar-refractivity contribution is -0.119. The molecular weight excluding hydrogens is 251 g/mol. The third kappa shape index (κ3) is 4.33. The first-order valence-electron chi connectivity index (χ1n) is 5.80. The Balaban J connectivity index is 2.68. The van der Waals surface area contributed by atoms with Crippen LogP contribution in [0.1, 0.15) is 10.4 Å². The Morgan fingerprint density at radius 3 is 2.89 bits per heavy atom. The van der Waals surface area contributed by atoms with Crippen LogP contribution < -0.4 is 10.2 Å². The molecule has 0 radical (unpaired) electrons. The number of anilines is 1. The second kappa shape index (κ2) is 7.48. The van der Waals surface area contributed by atoms with Gasteiger partial charge in [-0.25, -0.2) is 4.39 Å². The lowest BCUT2D eigenvalue weighted by atomic mass is 10.1. The third-order valence-electron chi connectivity index (χ3n) is 2.57. The quantitative estimate of drug-likeness (QED) is 0.588. The highest BCUT2D eigenvalue weighted by molar-refractivity contribution is 5.87. The van der Waals surface area contributed by atoms with Gasteiger partial charge in [-0.1, -0.05) is 6.07 Å². The molecule has 5 nitrogen and oxygen atoms in total. The van der Waals surface area contributed by atoms with E-state index in [1.54, 1.807) is 20.2 Å². The number of carbonyl (C=O) groups is 2. The zero-order chi connectivity index (χ0) is 14.3. The molecule has 1 amide bonds. The van der Waals surface area contributed by atoms with Gasteiger partial charge in [0.2, 0.25) is 5.91 Å². The van der Waals surface area contributed by atoms with Gasteiger partial charge in [-0.05, 0) is 12.1 Å². The molecule has 0 bridgehead atoms. The molecule has 0 aliphatic rings. The number of ether oxygens (including phenoxy) is 1. The van der Waals surface area contributed by atoms with Crippen molar-refractivity contribution in [3.05, 3.63) is 29.6 Å². The van der Waals surface area contributed by atoms with Crippen LogP contribution in [-0.2, 0) is 9.53 Å². The average molecular weight is 268 g/mol. The van der Waals surface area contributed by atoms with E-state index in [1.807, 2.05) is 0 Å². The average Bonchev–Trinajstić information content (AvgIpc) is 2.38. The van der Waals surface area contributed by atoms with Crippen molar-refractivity contribution < 1.29 is 18.7 Å². The maximum Gasteiger partial charge on any atom is 0.239 e. The zero-order valence-corrected chi connectivity index (χ0v) is 11.0. The van der Waals surface area contributed by atoms with Gasteiger partial charge in [0.05, 0.1) is 24.4 Å². The number of hydrogen-bond donors (Lipinski definition) is 1. The first-order chi connectivity index (χ1) is 9.10. The van der Waals surface area contributed by atoms with Crippen LogP contribution in [0.5, 0.6) is 0 Å². The number of halogens is 1. The zero-order valence-electron chi connectivity index (χ0n) is 11.0. The molecule has 0 spiro atoms. The van der Waals surface area contributed by atoms with Crippen LogP contribution >= 0.6 is 0 Å². The first-order valence-corrected chi connectivity index (χ1v) is 5.80. The van der Waals surface area contributed by atoms with E-state index < -0.39 is 5.82 Å². The van der Waals surface area contributed by atoms with Gasteiger partial charge in [0.15, 0.2) is 6.29 Å². The molecule has 0 atom stereocenters. The number of aldehydes is 1. The van der Waals surface area contributed by atoms with Crippen molar-refractivity contribution >= 4 is 17.9 Å². The molecule has 1 N–H and O–H groups in total. The van der Waals surface area contributed by atoms with Gasteiger partial charge < -0.3 is 15.0 Å². The molecule has 1 rings (SSSR count). The number of hydrogen-bond acceptors (Lipinski definition) is 4. The maximum absolute atomic E-state index is 13.4. The van der Waals surface area contributed by atoms with Crippen LogP contribution in [0, 0.1) is 5.82 Å². The molecule has 104 valence electrons. The second-order valence-electron chi connectivity index (χ2n) is 3.99. The van der Waals surface area contributed by atoms with Crippen LogP contribution in [0.15, 0.2) is 18.2 Å². The summed E-state index contributed by atoms with van der Waals surface area (Å²) in [6.07, 6.45) is 0.448. The largest absolute Gasteiger partial charge is 0.383 e. The Hall–Kier alpha value is -1.95. The predicted molar refractivity (Wildman–Crippen MR) is 69.9 cm³/mol. The summed E-state index contributed by atoms with van der Waals surface area (Å²) in [6.45, 7) is 0.871. The predicted octanol–water partition coefficient (Wildman–Crippen LogP) is 0.837. The van der Waals surface area contributed by atoms with Crippen LogP contribution in [0.4, 0.5) is 10.1 Å². The fourth-order valence-corrected chi connectivity index (χ4v) is 1.62. The summed E-state index contributed by atoms with van der Waals surface area (Å²) in [4.78, 5) is 24.0. The smallest absolute Gasteiger partial charge is 0.239 e. The number of carbonyl (C=O) groups excluding carboxylic acids is 2. The van der Waals surface area contributed by atoms with Crippen LogP contribution in [0.2, 0.25) is 0 Å². The van der Waals surface area contributed by atoms with Gasteiger partial charge in [-0.3, -0.25) is 9.59 Å². The molecular formula is C13H17FN2O3. The highest BCUT2D eigenvalue weighted by Crippen LogP contribution is 2.20. The Kier molecular flexibility index (Phi) is 5.95. The van der Waals surface area contributed by atoms with E-state index in [1.165, 1.54) is 17.0 Å². The molecule has 19 heavy (non-hydrogen) atoms. The topological polar surface area (TPSA) is 58.6 Å². The van der Waals surface area contributed by atoms with E-state index in [0.717, 1.165) is 0 Å². The summed E-state index contributed by atoms with van der Waals surface area (Å²) in [5.74, 6) is -0.820. The number of likely N-dealkylation sites (N-methyl/N-ethyl adjacent to an activating group) is 1. The number of rotatable bonds is 7. The lowest BCUT2D eigenvalue weighted by Gasteiger charge is -2.20. The Morgan fingerprint density at radius 1 is 1.53 bits per heavy atom. The normalized spacial score (nSPS) is 10.1. The minimum Gasteiger partial charge on any atom is -0.383 e. The summed E-state index contributed by atoms with van der Waals surface area (Å²) >= 11 is 0. The number of nitrogens with zero attached hydrogens (tertiary/aromatic N) is 1. The standard InChI is InChI=1S/C13H17FN2O3/c1-16(8-13(18)15-6-7-19-2)12-5-3-4-11(14)10(12)9-17/h3-5,9H,6-8H2,1-2H3,(H,15,18). The summed E-state index contributed by atoms with van der Waals surface area (Å²) in [6, 6.07) is 4.30. The van der Waals surface area contributed by atoms with Crippen molar-refractivity contribution in [2.24, 2.45) is 0 Å². The fraction of sp³-hybridized carbons (Fsp3) is 0.385. The van der Waals surface area contributed by atoms with Gasteiger partial charge in [-0.2, -0.15) is 0 Å². The van der Waals surface area contributed by atoms with Gasteiger partial charge in [0, 0.05) is 20.7 Å². The third-order valence-corrected chi connectivity index (χ3v) is 2.57. The number of methoxy groups -OCH3 is 1. The number of benzene rings is 1. The summed E-state index contributed by atoms with van der Waals surface area (Å²) < 4.78 is 18.2. The van der Waals surface area contributed by atoms with Crippen molar-refractivity contribution in [1.29, 1.82) is 0 Å². The molecule has 0 saturated carbocycles. The van der Waals surface area contributed by atoms with E-state index in [2.05, 4.69) is 5.32 Å². The van der Waals surface area contributed by atoms with Crippen molar-refractivity contribution in [3.63, 3.8) is 0 Å². The van der Waals surface area contributed by atoms with E-state index in [4.69, 9.17) is 4.74 Å². The van der Waals surface area contributed by atoms with E-state index >= 15 is 0 Å². The molecule has 0 saturated heterocycles. The van der Waals surface area contributed by atoms with Crippen LogP contribution in [0.3, 0.4) is 0 Å². The van der Waals surface area contributed by atoms with Crippen molar-refractivity contribution in [2.45, 2.75) is 0 Å². The molecule has 0 fully saturated rings. The van der Waals surface area contributed by atoms with Gasteiger partial charge in [0.25, 0.3) is 0 Å². The van der Waals surface area contributed by atoms with Crippen molar-refractivity contribution in [1.82, 2.24) is 5.32 Å². The Labute approximate surface area is 111 Å². The highest BCUT2D eigenvalue weighted by atomic mass is 19.1. The number of amides is 1. The molecule has 1 aromatic carbocycles. The first kappa shape index (κ1) is 15.1. The molecule has 0 aliphatic heterocycles. The van der Waals surface area contributed by atoms with Crippen molar-refractivity contribution in [3.8, 4) is 0 Å². The van der Waals surface area contributed by atoms with Gasteiger partial charge >= 0.3 is 0 Å². The molecule has 1 aromatic rings.